The number of nitrogens with two attached hydrogens (primary N) is 1. The van der Waals surface area contributed by atoms with Crippen LogP contribution in [0.5, 0.6) is 0 Å². The van der Waals surface area contributed by atoms with Crippen molar-refractivity contribution in [3.05, 3.63) is 0 Å². The molecule has 0 aliphatic carbocycles. The fraction of sp³-hybridized carbons (Fsp3) is 0.857. The molecule has 0 saturated carbocycles. The Morgan fingerprint density at radius 2 is 2.11 bits per heavy atom. The summed E-state index contributed by atoms with van der Waals surface area (Å²) >= 11 is 0. The molecule has 0 aliphatic rings. The van der Waals surface area contributed by atoms with Gasteiger partial charge in [-0.3, -0.25) is 4.79 Å². The van der Waals surface area contributed by atoms with E-state index in [1.807, 2.05) is 13.8 Å². The molecule has 0 saturated heterocycles. The average Bonchev–Trinajstić information content (AvgIpc) is 1.84. The van der Waals surface area contributed by atoms with Crippen molar-refractivity contribution in [1.82, 2.24) is 0 Å². The quantitative estimate of drug-likeness (QED) is 0.616. The van der Waals surface area contributed by atoms with Gasteiger partial charge in [-0.2, -0.15) is 0 Å². The highest BCUT2D eigenvalue weighted by atomic mass is 16.1. The lowest BCUT2D eigenvalue weighted by Gasteiger charge is -2.13. The molecule has 0 amide bonds. The normalized spacial score (nSPS) is 16.9. The first kappa shape index (κ1) is 8.63. The van der Waals surface area contributed by atoms with E-state index in [2.05, 4.69) is 0 Å². The molecule has 0 aromatic heterocycles. The number of ketones is 1. The van der Waals surface area contributed by atoms with Crippen LogP contribution in [-0.2, 0) is 4.79 Å². The second-order valence-electron chi connectivity index (χ2n) is 2.52. The Kier molecular flexibility index (Phi) is 3.47. The highest BCUT2D eigenvalue weighted by molar-refractivity contribution is 5.81. The molecule has 2 nitrogen and oxygen atoms in total. The van der Waals surface area contributed by atoms with Crippen LogP contribution >= 0.6 is 0 Å². The number of carbonyl (C=O) groups is 1. The van der Waals surface area contributed by atoms with Gasteiger partial charge in [0.15, 0.2) is 0 Å². The molecule has 2 atom stereocenters. The molecular weight excluding hydrogens is 114 g/mol. The summed E-state index contributed by atoms with van der Waals surface area (Å²) in [5.41, 5.74) is 5.52. The van der Waals surface area contributed by atoms with Crippen molar-refractivity contribution >= 4 is 5.78 Å². The first-order chi connectivity index (χ1) is 4.09. The van der Waals surface area contributed by atoms with Crippen LogP contribution in [0.3, 0.4) is 0 Å². The van der Waals surface area contributed by atoms with Gasteiger partial charge in [-0.25, -0.2) is 0 Å². The van der Waals surface area contributed by atoms with Crippen molar-refractivity contribution in [2.45, 2.75) is 33.2 Å². The molecule has 0 fully saturated rings. The number of Topliss-reactive ketones (excluding diaryl/α,β-unsaturated/α-hetero) is 1. The molecular formula is C7H15NO. The van der Waals surface area contributed by atoms with Crippen molar-refractivity contribution in [2.24, 2.45) is 11.7 Å². The van der Waals surface area contributed by atoms with E-state index in [9.17, 15) is 4.79 Å². The van der Waals surface area contributed by atoms with Gasteiger partial charge in [0.25, 0.3) is 0 Å². The third kappa shape index (κ3) is 2.61. The number of hydrogen-bond acceptors (Lipinski definition) is 2. The maximum absolute atomic E-state index is 10.6. The van der Waals surface area contributed by atoms with Crippen LogP contribution in [0.15, 0.2) is 0 Å². The van der Waals surface area contributed by atoms with Crippen molar-refractivity contribution in [2.75, 3.05) is 0 Å². The van der Waals surface area contributed by atoms with E-state index in [1.165, 1.54) is 6.92 Å². The van der Waals surface area contributed by atoms with E-state index in [0.29, 0.717) is 5.92 Å². The topological polar surface area (TPSA) is 43.1 Å². The lowest BCUT2D eigenvalue weighted by Crippen LogP contribution is -2.34. The lowest BCUT2D eigenvalue weighted by molar-refractivity contribution is -0.119. The Bertz CT molecular complexity index is 101. The monoisotopic (exact) mass is 129 g/mol. The van der Waals surface area contributed by atoms with Crippen LogP contribution in [0.4, 0.5) is 0 Å². The summed E-state index contributed by atoms with van der Waals surface area (Å²) < 4.78 is 0. The minimum atomic E-state index is -0.255. The van der Waals surface area contributed by atoms with Crippen LogP contribution in [-0.4, -0.2) is 11.8 Å². The van der Waals surface area contributed by atoms with Crippen LogP contribution in [0.25, 0.3) is 0 Å². The molecule has 0 aromatic rings. The van der Waals surface area contributed by atoms with Gasteiger partial charge < -0.3 is 5.73 Å². The smallest absolute Gasteiger partial charge is 0.146 e. The zero-order valence-corrected chi connectivity index (χ0v) is 6.35. The van der Waals surface area contributed by atoms with Crippen LogP contribution in [0.2, 0.25) is 0 Å². The Morgan fingerprint density at radius 1 is 1.67 bits per heavy atom. The van der Waals surface area contributed by atoms with E-state index in [4.69, 9.17) is 5.73 Å². The van der Waals surface area contributed by atoms with Crippen molar-refractivity contribution < 1.29 is 4.79 Å². The maximum atomic E-state index is 10.6. The molecule has 2 N–H and O–H groups in total. The molecule has 0 aromatic carbocycles. The predicted octanol–water partition coefficient (Wildman–Crippen LogP) is 0.949. The fourth-order valence-corrected chi connectivity index (χ4v) is 0.655. The van der Waals surface area contributed by atoms with Gasteiger partial charge >= 0.3 is 0 Å². The number of hydrogen-bond donors (Lipinski definition) is 1. The molecule has 0 heterocycles. The van der Waals surface area contributed by atoms with Crippen LogP contribution < -0.4 is 5.73 Å². The molecule has 0 unspecified atom stereocenters. The molecule has 54 valence electrons. The zero-order chi connectivity index (χ0) is 7.44. The van der Waals surface area contributed by atoms with Gasteiger partial charge in [0, 0.05) is 0 Å². The average molecular weight is 129 g/mol. The molecule has 0 rings (SSSR count). The van der Waals surface area contributed by atoms with E-state index in [1.54, 1.807) is 0 Å². The van der Waals surface area contributed by atoms with Gasteiger partial charge in [0.05, 0.1) is 6.04 Å². The summed E-state index contributed by atoms with van der Waals surface area (Å²) in [6.07, 6.45) is 0.973. The second kappa shape index (κ2) is 3.62. The Balaban J connectivity index is 3.72. The van der Waals surface area contributed by atoms with E-state index >= 15 is 0 Å². The van der Waals surface area contributed by atoms with Crippen LogP contribution in [0, 0.1) is 5.92 Å². The Morgan fingerprint density at radius 3 is 2.22 bits per heavy atom. The predicted molar refractivity (Wildman–Crippen MR) is 38.1 cm³/mol. The van der Waals surface area contributed by atoms with Gasteiger partial charge in [0.2, 0.25) is 0 Å². The van der Waals surface area contributed by atoms with Gasteiger partial charge in [-0.05, 0) is 12.8 Å². The first-order valence-electron chi connectivity index (χ1n) is 3.35. The summed E-state index contributed by atoms with van der Waals surface area (Å²) in [5, 5.41) is 0. The SMILES string of the molecule is CC[C@H](C)[C@@H](N)C(C)=O. The first-order valence-corrected chi connectivity index (χ1v) is 3.35. The fourth-order valence-electron chi connectivity index (χ4n) is 0.655. The lowest BCUT2D eigenvalue weighted by atomic mass is 9.97. The third-order valence-corrected chi connectivity index (χ3v) is 1.73. The van der Waals surface area contributed by atoms with Crippen molar-refractivity contribution in [1.29, 1.82) is 0 Å². The minimum Gasteiger partial charge on any atom is -0.321 e. The van der Waals surface area contributed by atoms with Gasteiger partial charge in [-0.15, -0.1) is 0 Å². The van der Waals surface area contributed by atoms with Crippen molar-refractivity contribution in [3.8, 4) is 0 Å². The number of carbonyl (C=O) groups excluding carboxylic acids is 1. The minimum absolute atomic E-state index is 0.0874. The van der Waals surface area contributed by atoms with E-state index < -0.39 is 0 Å². The maximum Gasteiger partial charge on any atom is 0.146 e. The van der Waals surface area contributed by atoms with E-state index in [-0.39, 0.29) is 11.8 Å². The summed E-state index contributed by atoms with van der Waals surface area (Å²) in [4.78, 5) is 10.6. The summed E-state index contributed by atoms with van der Waals surface area (Å²) in [6, 6.07) is -0.255. The Hall–Kier alpha value is -0.370. The molecule has 9 heavy (non-hydrogen) atoms. The number of rotatable bonds is 3. The molecule has 0 bridgehead atoms. The van der Waals surface area contributed by atoms with Crippen molar-refractivity contribution in [3.63, 3.8) is 0 Å². The highest BCUT2D eigenvalue weighted by Gasteiger charge is 2.14. The van der Waals surface area contributed by atoms with E-state index in [0.717, 1.165) is 6.42 Å². The molecule has 0 aliphatic heterocycles. The summed E-state index contributed by atoms with van der Waals surface area (Å²) in [6.45, 7) is 5.57. The van der Waals surface area contributed by atoms with Crippen LogP contribution in [0.1, 0.15) is 27.2 Å². The zero-order valence-electron chi connectivity index (χ0n) is 6.35. The Labute approximate surface area is 56.4 Å². The molecule has 0 spiro atoms. The largest absolute Gasteiger partial charge is 0.321 e. The summed E-state index contributed by atoms with van der Waals surface area (Å²) in [7, 11) is 0. The third-order valence-electron chi connectivity index (χ3n) is 1.73. The molecule has 0 radical (unpaired) electrons. The molecule has 2 heteroatoms. The van der Waals surface area contributed by atoms with Gasteiger partial charge in [0.1, 0.15) is 5.78 Å². The van der Waals surface area contributed by atoms with Gasteiger partial charge in [-0.1, -0.05) is 20.3 Å². The highest BCUT2D eigenvalue weighted by Crippen LogP contribution is 2.04. The second-order valence-corrected chi connectivity index (χ2v) is 2.52. The summed E-state index contributed by atoms with van der Waals surface area (Å²) in [5.74, 6) is 0.409. The standard InChI is InChI=1S/C7H15NO/c1-4-5(2)7(8)6(3)9/h5,7H,4,8H2,1-3H3/t5-,7+/m0/s1.